The maximum Gasteiger partial charge on any atom is 0.262 e. The third-order valence-electron chi connectivity index (χ3n) is 2.76. The summed E-state index contributed by atoms with van der Waals surface area (Å²) in [5, 5.41) is 0. The Balaban J connectivity index is 2.45. The van der Waals surface area contributed by atoms with E-state index in [1.54, 1.807) is 0 Å². The number of halogens is 3. The molecule has 0 fully saturated rings. The van der Waals surface area contributed by atoms with E-state index in [9.17, 15) is 21.6 Å². The highest BCUT2D eigenvalue weighted by Gasteiger charge is 2.20. The molecule has 2 aromatic rings. The van der Waals surface area contributed by atoms with Gasteiger partial charge in [-0.2, -0.15) is 0 Å². The van der Waals surface area contributed by atoms with Crippen molar-refractivity contribution in [2.75, 3.05) is 10.5 Å². The SMILES string of the molecule is Cc1cc(F)ccc1S(=O)(=O)Nc1cc(N)c(F)cc1F. The van der Waals surface area contributed by atoms with Gasteiger partial charge in [-0.3, -0.25) is 4.72 Å². The molecule has 0 radical (unpaired) electrons. The third-order valence-corrected chi connectivity index (χ3v) is 4.28. The average Bonchev–Trinajstić information content (AvgIpc) is 2.35. The third kappa shape index (κ3) is 3.10. The molecule has 4 nitrogen and oxygen atoms in total. The highest BCUT2D eigenvalue weighted by atomic mass is 32.2. The van der Waals surface area contributed by atoms with Crippen LogP contribution in [0.3, 0.4) is 0 Å². The fraction of sp³-hybridized carbons (Fsp3) is 0.0769. The molecule has 8 heteroatoms. The minimum Gasteiger partial charge on any atom is -0.396 e. The van der Waals surface area contributed by atoms with Crippen LogP contribution in [0.2, 0.25) is 0 Å². The number of hydrogen-bond acceptors (Lipinski definition) is 3. The monoisotopic (exact) mass is 316 g/mol. The molecule has 3 N–H and O–H groups in total. The van der Waals surface area contributed by atoms with Crippen LogP contribution in [0.15, 0.2) is 35.2 Å². The van der Waals surface area contributed by atoms with Crippen LogP contribution in [0.5, 0.6) is 0 Å². The molecule has 0 aliphatic heterocycles. The number of nitrogen functional groups attached to an aromatic ring is 1. The molecule has 0 spiro atoms. The lowest BCUT2D eigenvalue weighted by Crippen LogP contribution is -2.15. The summed E-state index contributed by atoms with van der Waals surface area (Å²) in [6.07, 6.45) is 0. The van der Waals surface area contributed by atoms with E-state index < -0.39 is 38.8 Å². The summed E-state index contributed by atoms with van der Waals surface area (Å²) in [6.45, 7) is 1.40. The molecular formula is C13H11F3N2O2S. The standard InChI is InChI=1S/C13H11F3N2O2S/c1-7-4-8(14)2-3-13(7)21(19,20)18-12-6-11(17)9(15)5-10(12)16/h2-6,18H,17H2,1H3. The van der Waals surface area contributed by atoms with Crippen LogP contribution in [0, 0.1) is 24.4 Å². The van der Waals surface area contributed by atoms with E-state index in [1.807, 2.05) is 4.72 Å². The van der Waals surface area contributed by atoms with Gasteiger partial charge < -0.3 is 5.73 Å². The molecule has 0 unspecified atom stereocenters. The zero-order valence-electron chi connectivity index (χ0n) is 10.8. The Labute approximate surface area is 119 Å². The van der Waals surface area contributed by atoms with E-state index in [0.717, 1.165) is 24.3 Å². The lowest BCUT2D eigenvalue weighted by atomic mass is 10.2. The molecule has 0 atom stereocenters. The summed E-state index contributed by atoms with van der Waals surface area (Å²) in [5.74, 6) is -2.69. The van der Waals surface area contributed by atoms with Crippen LogP contribution >= 0.6 is 0 Å². The summed E-state index contributed by atoms with van der Waals surface area (Å²) in [4.78, 5) is -0.216. The lowest BCUT2D eigenvalue weighted by molar-refractivity contribution is 0.584. The molecule has 0 amide bonds. The largest absolute Gasteiger partial charge is 0.396 e. The molecule has 0 bridgehead atoms. The van der Waals surface area contributed by atoms with Crippen molar-refractivity contribution in [2.45, 2.75) is 11.8 Å². The highest BCUT2D eigenvalue weighted by molar-refractivity contribution is 7.92. The number of benzene rings is 2. The number of sulfonamides is 1. The van der Waals surface area contributed by atoms with Crippen LogP contribution in [0.4, 0.5) is 24.5 Å². The van der Waals surface area contributed by atoms with E-state index in [1.165, 1.54) is 6.92 Å². The number of aryl methyl sites for hydroxylation is 1. The van der Waals surface area contributed by atoms with Gasteiger partial charge in [-0.1, -0.05) is 0 Å². The fourth-order valence-electron chi connectivity index (χ4n) is 1.76. The molecule has 2 rings (SSSR count). The molecular weight excluding hydrogens is 305 g/mol. The predicted octanol–water partition coefficient (Wildman–Crippen LogP) is 2.80. The molecule has 21 heavy (non-hydrogen) atoms. The van der Waals surface area contributed by atoms with Gasteiger partial charge in [0, 0.05) is 6.07 Å². The first kappa shape index (κ1) is 15.2. The second kappa shape index (κ2) is 5.28. The van der Waals surface area contributed by atoms with Gasteiger partial charge in [0.25, 0.3) is 10.0 Å². The number of nitrogens with two attached hydrogens (primary N) is 1. The van der Waals surface area contributed by atoms with Crippen LogP contribution in [0.1, 0.15) is 5.56 Å². The van der Waals surface area contributed by atoms with Gasteiger partial charge in [0.1, 0.15) is 17.5 Å². The van der Waals surface area contributed by atoms with E-state index in [4.69, 9.17) is 5.73 Å². The highest BCUT2D eigenvalue weighted by Crippen LogP contribution is 2.25. The van der Waals surface area contributed by atoms with Gasteiger partial charge in [-0.15, -0.1) is 0 Å². The lowest BCUT2D eigenvalue weighted by Gasteiger charge is -2.12. The molecule has 0 heterocycles. The number of rotatable bonds is 3. The molecule has 0 saturated heterocycles. The Bertz CT molecular complexity index is 807. The Kier molecular flexibility index (Phi) is 3.82. The summed E-state index contributed by atoms with van der Waals surface area (Å²) in [5.41, 5.74) is 4.54. The smallest absolute Gasteiger partial charge is 0.262 e. The normalized spacial score (nSPS) is 11.4. The van der Waals surface area contributed by atoms with Crippen molar-refractivity contribution in [2.24, 2.45) is 0 Å². The number of anilines is 2. The molecule has 2 aromatic carbocycles. The second-order valence-corrected chi connectivity index (χ2v) is 6.02. The van der Waals surface area contributed by atoms with Gasteiger partial charge in [0.05, 0.1) is 16.3 Å². The van der Waals surface area contributed by atoms with Gasteiger partial charge in [0.2, 0.25) is 0 Å². The zero-order chi connectivity index (χ0) is 15.8. The van der Waals surface area contributed by atoms with Crippen molar-refractivity contribution in [3.8, 4) is 0 Å². The molecule has 112 valence electrons. The Morgan fingerprint density at radius 2 is 1.71 bits per heavy atom. The van der Waals surface area contributed by atoms with Gasteiger partial charge in [-0.05, 0) is 36.8 Å². The summed E-state index contributed by atoms with van der Waals surface area (Å²) >= 11 is 0. The minimum absolute atomic E-state index is 0.151. The van der Waals surface area contributed by atoms with E-state index in [-0.39, 0.29) is 10.5 Å². The van der Waals surface area contributed by atoms with E-state index in [0.29, 0.717) is 6.07 Å². The second-order valence-electron chi connectivity index (χ2n) is 4.37. The van der Waals surface area contributed by atoms with Crippen molar-refractivity contribution in [1.29, 1.82) is 0 Å². The van der Waals surface area contributed by atoms with E-state index in [2.05, 4.69) is 0 Å². The van der Waals surface area contributed by atoms with Crippen LogP contribution in [0.25, 0.3) is 0 Å². The Morgan fingerprint density at radius 1 is 1.05 bits per heavy atom. The van der Waals surface area contributed by atoms with Crippen molar-refractivity contribution in [3.63, 3.8) is 0 Å². The minimum atomic E-state index is -4.15. The molecule has 0 aromatic heterocycles. The van der Waals surface area contributed by atoms with Gasteiger partial charge in [0.15, 0.2) is 0 Å². The Hall–Kier alpha value is -2.22. The topological polar surface area (TPSA) is 72.2 Å². The fourth-order valence-corrected chi connectivity index (χ4v) is 3.04. The van der Waals surface area contributed by atoms with Crippen LogP contribution in [-0.4, -0.2) is 8.42 Å². The number of hydrogen-bond donors (Lipinski definition) is 2. The first-order chi connectivity index (χ1) is 9.70. The maximum absolute atomic E-state index is 13.6. The maximum atomic E-state index is 13.6. The molecule has 0 aliphatic rings. The molecule has 0 saturated carbocycles. The first-order valence-electron chi connectivity index (χ1n) is 5.74. The van der Waals surface area contributed by atoms with Gasteiger partial charge in [-0.25, -0.2) is 21.6 Å². The average molecular weight is 316 g/mol. The van der Waals surface area contributed by atoms with Crippen LogP contribution in [-0.2, 0) is 10.0 Å². The molecule has 0 aliphatic carbocycles. The van der Waals surface area contributed by atoms with E-state index >= 15 is 0 Å². The van der Waals surface area contributed by atoms with Crippen molar-refractivity contribution in [3.05, 3.63) is 53.3 Å². The first-order valence-corrected chi connectivity index (χ1v) is 7.22. The summed E-state index contributed by atoms with van der Waals surface area (Å²) in [6, 6.07) is 4.37. The summed E-state index contributed by atoms with van der Waals surface area (Å²) < 4.78 is 65.8. The zero-order valence-corrected chi connectivity index (χ0v) is 11.6. The Morgan fingerprint density at radius 3 is 2.33 bits per heavy atom. The van der Waals surface area contributed by atoms with Crippen LogP contribution < -0.4 is 10.5 Å². The van der Waals surface area contributed by atoms with Gasteiger partial charge >= 0.3 is 0 Å². The predicted molar refractivity (Wildman–Crippen MR) is 72.7 cm³/mol. The van der Waals surface area contributed by atoms with Crippen molar-refractivity contribution >= 4 is 21.4 Å². The van der Waals surface area contributed by atoms with Crippen molar-refractivity contribution in [1.82, 2.24) is 0 Å². The summed E-state index contributed by atoms with van der Waals surface area (Å²) in [7, 11) is -4.15. The quantitative estimate of drug-likeness (QED) is 0.855. The van der Waals surface area contributed by atoms with Crippen molar-refractivity contribution < 1.29 is 21.6 Å². The number of nitrogens with one attached hydrogen (secondary N) is 1.